The van der Waals surface area contributed by atoms with Gasteiger partial charge in [0.15, 0.2) is 10.3 Å². The molecule has 0 aliphatic heterocycles. The van der Waals surface area contributed by atoms with Crippen LogP contribution in [0, 0.1) is 0 Å². The maximum atomic E-state index is 11.1. The first-order chi connectivity index (χ1) is 15.3. The number of fused-ring (bicyclic) bond motifs is 2. The van der Waals surface area contributed by atoms with E-state index in [0.29, 0.717) is 10.3 Å². The van der Waals surface area contributed by atoms with Crippen LogP contribution < -0.4 is 20.8 Å². The zero-order valence-electron chi connectivity index (χ0n) is 16.9. The number of aliphatic carboxylic acids is 2. The van der Waals surface area contributed by atoms with Crippen LogP contribution in [0.4, 0.5) is 10.3 Å². The predicted octanol–water partition coefficient (Wildman–Crippen LogP) is 0.369. The molecule has 2 aromatic heterocycles. The van der Waals surface area contributed by atoms with Gasteiger partial charge in [-0.05, 0) is 24.3 Å². The van der Waals surface area contributed by atoms with Gasteiger partial charge < -0.3 is 30.4 Å². The fraction of sp³-hybridized carbons (Fsp3) is 0.100. The summed E-state index contributed by atoms with van der Waals surface area (Å²) in [4.78, 5) is 50.9. The predicted molar refractivity (Wildman–Crippen MR) is 122 cm³/mol. The molecule has 164 valence electrons. The van der Waals surface area contributed by atoms with Crippen molar-refractivity contribution in [3.8, 4) is 0 Å². The summed E-state index contributed by atoms with van der Waals surface area (Å²) >= 11 is 2.59. The van der Waals surface area contributed by atoms with E-state index in [1.54, 1.807) is 0 Å². The van der Waals surface area contributed by atoms with Crippen molar-refractivity contribution in [2.75, 3.05) is 10.6 Å². The van der Waals surface area contributed by atoms with Gasteiger partial charge in [-0.1, -0.05) is 46.9 Å². The van der Waals surface area contributed by atoms with Crippen molar-refractivity contribution in [3.05, 3.63) is 48.5 Å². The quantitative estimate of drug-likeness (QED) is 0.286. The van der Waals surface area contributed by atoms with Gasteiger partial charge in [-0.25, -0.2) is 9.97 Å². The number of carboxylic acid groups (broad SMARTS) is 2. The van der Waals surface area contributed by atoms with E-state index in [9.17, 15) is 29.4 Å². The van der Waals surface area contributed by atoms with E-state index in [4.69, 9.17) is 0 Å². The molecular formula is C20H14MgN4O6S2. The topological polar surface area (TPSA) is 164 Å². The third kappa shape index (κ3) is 8.05. The largest absolute Gasteiger partial charge is 2.00 e. The van der Waals surface area contributed by atoms with Crippen molar-refractivity contribution in [2.24, 2.45) is 0 Å². The van der Waals surface area contributed by atoms with E-state index in [1.165, 1.54) is 22.7 Å². The molecule has 33 heavy (non-hydrogen) atoms. The number of carbonyl (C=O) groups excluding carboxylic acids is 4. The molecule has 10 nitrogen and oxygen atoms in total. The summed E-state index contributed by atoms with van der Waals surface area (Å²) in [5.41, 5.74) is 1.55. The molecule has 0 atom stereocenters. The Kier molecular flexibility index (Phi) is 9.66. The zero-order chi connectivity index (χ0) is 23.1. The molecule has 0 bridgehead atoms. The summed E-state index contributed by atoms with van der Waals surface area (Å²) in [7, 11) is 0. The number of carboxylic acids is 2. The summed E-state index contributed by atoms with van der Waals surface area (Å²) in [6.07, 6.45) is -1.31. The van der Waals surface area contributed by atoms with Crippen molar-refractivity contribution in [3.63, 3.8) is 0 Å². The molecule has 2 amide bonds. The molecule has 2 heterocycles. The summed E-state index contributed by atoms with van der Waals surface area (Å²) in [6.45, 7) is 0. The molecule has 4 aromatic rings. The van der Waals surface area contributed by atoms with Crippen LogP contribution in [-0.2, 0) is 19.2 Å². The second-order valence-corrected chi connectivity index (χ2v) is 8.23. The molecule has 13 heteroatoms. The molecule has 2 N–H and O–H groups in total. The van der Waals surface area contributed by atoms with Crippen molar-refractivity contribution >= 4 is 100 Å². The van der Waals surface area contributed by atoms with Crippen LogP contribution in [0.5, 0.6) is 0 Å². The number of amides is 2. The summed E-state index contributed by atoms with van der Waals surface area (Å²) < 4.78 is 1.87. The van der Waals surface area contributed by atoms with Crippen molar-refractivity contribution in [2.45, 2.75) is 12.8 Å². The fourth-order valence-corrected chi connectivity index (χ4v) is 4.20. The monoisotopic (exact) mass is 494 g/mol. The third-order valence-corrected chi connectivity index (χ3v) is 5.59. The SMILES string of the molecule is O=C([O-])CC(=O)Nc1nc2ccccc2s1.O=C([O-])CC(=O)Nc1nc2ccccc2s1.[Mg+2]. The first-order valence-electron chi connectivity index (χ1n) is 9.00. The summed E-state index contributed by atoms with van der Waals surface area (Å²) in [6, 6.07) is 14.8. The van der Waals surface area contributed by atoms with Gasteiger partial charge in [-0.2, -0.15) is 0 Å². The number of hydrogen-bond donors (Lipinski definition) is 2. The second-order valence-electron chi connectivity index (χ2n) is 6.17. The molecule has 2 aromatic carbocycles. The molecule has 0 fully saturated rings. The van der Waals surface area contributed by atoms with Crippen LogP contribution in [0.15, 0.2) is 48.5 Å². The molecule has 0 saturated carbocycles. The summed E-state index contributed by atoms with van der Waals surface area (Å²) in [5.74, 6) is -4.06. The third-order valence-electron chi connectivity index (χ3n) is 3.69. The average Bonchev–Trinajstić information content (AvgIpc) is 3.29. The van der Waals surface area contributed by atoms with Crippen LogP contribution in [0.25, 0.3) is 20.4 Å². The second kappa shape index (κ2) is 12.2. The maximum absolute atomic E-state index is 11.1. The molecule has 0 radical (unpaired) electrons. The number of hydrogen-bond acceptors (Lipinski definition) is 10. The number of nitrogens with one attached hydrogen (secondary N) is 2. The van der Waals surface area contributed by atoms with Crippen molar-refractivity contribution in [1.82, 2.24) is 9.97 Å². The molecule has 0 unspecified atom stereocenters. The number of carbonyl (C=O) groups is 4. The number of anilines is 2. The molecule has 0 saturated heterocycles. The van der Waals surface area contributed by atoms with E-state index < -0.39 is 36.6 Å². The van der Waals surface area contributed by atoms with Gasteiger partial charge in [0.05, 0.1) is 45.2 Å². The first-order valence-corrected chi connectivity index (χ1v) is 10.6. The fourth-order valence-electron chi connectivity index (χ4n) is 2.44. The Bertz CT molecular complexity index is 1140. The number of benzene rings is 2. The Hall–Kier alpha value is -3.13. The number of nitrogens with zero attached hydrogens (tertiary/aromatic N) is 2. The molecule has 4 rings (SSSR count). The standard InChI is InChI=1S/2C10H8N2O3S.Mg/c2*13-8(5-9(14)15)12-10-11-6-3-1-2-4-7(6)16-10;/h2*1-4H,5H2,(H,14,15)(H,11,12,13);/q;;+2/p-2. The minimum absolute atomic E-state index is 0. The Labute approximate surface area is 210 Å². The van der Waals surface area contributed by atoms with E-state index >= 15 is 0 Å². The van der Waals surface area contributed by atoms with Gasteiger partial charge in [0.1, 0.15) is 0 Å². The van der Waals surface area contributed by atoms with E-state index in [-0.39, 0.29) is 23.1 Å². The minimum atomic E-state index is -1.40. The molecule has 0 aliphatic carbocycles. The van der Waals surface area contributed by atoms with Gasteiger partial charge in [-0.15, -0.1) is 0 Å². The normalized spacial score (nSPS) is 9.94. The van der Waals surface area contributed by atoms with Gasteiger partial charge >= 0.3 is 23.1 Å². The van der Waals surface area contributed by atoms with E-state index in [2.05, 4.69) is 20.6 Å². The van der Waals surface area contributed by atoms with E-state index in [1.807, 2.05) is 48.5 Å². The number of aromatic nitrogens is 2. The molecule has 0 spiro atoms. The Morgan fingerprint density at radius 2 is 1.06 bits per heavy atom. The molecule has 0 aliphatic rings. The summed E-state index contributed by atoms with van der Waals surface area (Å²) in [5, 5.41) is 26.0. The van der Waals surface area contributed by atoms with Gasteiger partial charge in [0, 0.05) is 0 Å². The van der Waals surface area contributed by atoms with E-state index in [0.717, 1.165) is 20.4 Å². The van der Waals surface area contributed by atoms with Crippen LogP contribution in [0.1, 0.15) is 12.8 Å². The zero-order valence-corrected chi connectivity index (χ0v) is 19.9. The van der Waals surface area contributed by atoms with Crippen LogP contribution >= 0.6 is 22.7 Å². The molecular weight excluding hydrogens is 481 g/mol. The first kappa shape index (κ1) is 26.1. The Balaban J connectivity index is 0.000000227. The van der Waals surface area contributed by atoms with Crippen molar-refractivity contribution in [1.29, 1.82) is 0 Å². The number of rotatable bonds is 6. The van der Waals surface area contributed by atoms with Gasteiger partial charge in [0.25, 0.3) is 0 Å². The van der Waals surface area contributed by atoms with Gasteiger partial charge in [0.2, 0.25) is 11.8 Å². The Morgan fingerprint density at radius 3 is 1.39 bits per heavy atom. The van der Waals surface area contributed by atoms with Crippen LogP contribution in [0.2, 0.25) is 0 Å². The number of para-hydroxylation sites is 2. The van der Waals surface area contributed by atoms with Gasteiger partial charge in [-0.3, -0.25) is 9.59 Å². The minimum Gasteiger partial charge on any atom is -0.550 e. The average molecular weight is 495 g/mol. The smallest absolute Gasteiger partial charge is 0.550 e. The maximum Gasteiger partial charge on any atom is 2.00 e. The van der Waals surface area contributed by atoms with Crippen LogP contribution in [-0.4, -0.2) is 56.8 Å². The van der Waals surface area contributed by atoms with Crippen molar-refractivity contribution < 1.29 is 29.4 Å². The van der Waals surface area contributed by atoms with Crippen LogP contribution in [0.3, 0.4) is 0 Å². The Morgan fingerprint density at radius 1 is 0.697 bits per heavy atom. The number of thiazole rings is 2.